The summed E-state index contributed by atoms with van der Waals surface area (Å²) in [4.78, 5) is 0. The molecule has 0 aromatic heterocycles. The Balaban J connectivity index is 1.91. The molecule has 1 aliphatic heterocycles. The van der Waals surface area contributed by atoms with Crippen LogP contribution in [0.1, 0.15) is 23.7 Å². The van der Waals surface area contributed by atoms with Crippen molar-refractivity contribution in [1.29, 1.82) is 0 Å². The Kier molecular flexibility index (Phi) is 3.38. The van der Waals surface area contributed by atoms with Gasteiger partial charge in [0.05, 0.1) is 13.2 Å². The maximum Gasteiger partial charge on any atom is 0.161 e. The largest absolute Gasteiger partial charge is 0.490 e. The van der Waals surface area contributed by atoms with Crippen LogP contribution in [0.4, 0.5) is 0 Å². The van der Waals surface area contributed by atoms with Crippen LogP contribution in [0.5, 0.6) is 11.5 Å². The van der Waals surface area contributed by atoms with Gasteiger partial charge in [0.15, 0.2) is 11.5 Å². The van der Waals surface area contributed by atoms with Crippen LogP contribution in [0.2, 0.25) is 0 Å². The molecule has 0 bridgehead atoms. The topological polar surface area (TPSA) is 38.7 Å². The Hall–Kier alpha value is -2.00. The number of ether oxygens (including phenoxy) is 2. The average molecular weight is 256 g/mol. The zero-order valence-electron chi connectivity index (χ0n) is 10.6. The van der Waals surface area contributed by atoms with E-state index in [4.69, 9.17) is 9.47 Å². The number of hydrogen-bond donors (Lipinski definition) is 1. The lowest BCUT2D eigenvalue weighted by Crippen LogP contribution is -2.00. The summed E-state index contributed by atoms with van der Waals surface area (Å²) in [6.45, 7) is 1.32. The molecule has 1 N–H and O–H groups in total. The highest BCUT2D eigenvalue weighted by atomic mass is 16.5. The lowest BCUT2D eigenvalue weighted by atomic mass is 10.0. The van der Waals surface area contributed by atoms with Crippen molar-refractivity contribution in [3.63, 3.8) is 0 Å². The fraction of sp³-hybridized carbons (Fsp3) is 0.250. The lowest BCUT2D eigenvalue weighted by molar-refractivity contribution is 0.219. The van der Waals surface area contributed by atoms with Crippen LogP contribution < -0.4 is 9.47 Å². The second-order valence-electron chi connectivity index (χ2n) is 4.57. The summed E-state index contributed by atoms with van der Waals surface area (Å²) < 4.78 is 11.2. The van der Waals surface area contributed by atoms with Gasteiger partial charge in [0.25, 0.3) is 0 Å². The molecule has 3 nitrogen and oxygen atoms in total. The first-order chi connectivity index (χ1) is 9.34. The van der Waals surface area contributed by atoms with Crippen LogP contribution in [0.15, 0.2) is 48.5 Å². The normalized spacial score (nSPS) is 15.6. The molecule has 0 amide bonds. The second kappa shape index (κ2) is 5.33. The van der Waals surface area contributed by atoms with Gasteiger partial charge < -0.3 is 14.6 Å². The molecule has 0 aliphatic carbocycles. The maximum absolute atomic E-state index is 10.4. The predicted molar refractivity (Wildman–Crippen MR) is 72.6 cm³/mol. The number of fused-ring (bicyclic) bond motifs is 1. The van der Waals surface area contributed by atoms with Crippen molar-refractivity contribution >= 4 is 0 Å². The summed E-state index contributed by atoms with van der Waals surface area (Å²) in [5.74, 6) is 1.46. The minimum Gasteiger partial charge on any atom is -0.490 e. The van der Waals surface area contributed by atoms with Gasteiger partial charge in [-0.1, -0.05) is 36.4 Å². The molecule has 2 aromatic carbocycles. The van der Waals surface area contributed by atoms with E-state index < -0.39 is 6.10 Å². The molecular weight excluding hydrogens is 240 g/mol. The summed E-state index contributed by atoms with van der Waals surface area (Å²) in [5.41, 5.74) is 1.69. The lowest BCUT2D eigenvalue weighted by Gasteiger charge is -2.14. The van der Waals surface area contributed by atoms with Gasteiger partial charge in [0, 0.05) is 6.42 Å². The summed E-state index contributed by atoms with van der Waals surface area (Å²) in [5, 5.41) is 10.4. The number of aliphatic hydroxyl groups is 1. The smallest absolute Gasteiger partial charge is 0.161 e. The molecule has 1 atom stereocenters. The fourth-order valence-electron chi connectivity index (χ4n) is 2.18. The first kappa shape index (κ1) is 12.1. The first-order valence-corrected chi connectivity index (χ1v) is 6.47. The maximum atomic E-state index is 10.4. The number of rotatable bonds is 2. The molecule has 0 saturated carbocycles. The van der Waals surface area contributed by atoms with E-state index in [0.29, 0.717) is 19.0 Å². The Morgan fingerprint density at radius 3 is 2.37 bits per heavy atom. The van der Waals surface area contributed by atoms with Crippen LogP contribution in [0.25, 0.3) is 0 Å². The standard InChI is InChI=1S/C16H16O3/c17-16(12-5-2-1-3-6-12)13-7-8-14-15(11-13)19-10-4-9-18-14/h1-3,5-8,11,16-17H,4,9-10H2. The summed E-state index contributed by atoms with van der Waals surface area (Å²) in [7, 11) is 0. The van der Waals surface area contributed by atoms with Gasteiger partial charge >= 0.3 is 0 Å². The second-order valence-corrected chi connectivity index (χ2v) is 4.57. The van der Waals surface area contributed by atoms with Crippen molar-refractivity contribution < 1.29 is 14.6 Å². The van der Waals surface area contributed by atoms with Gasteiger partial charge in [-0.05, 0) is 23.3 Å². The zero-order chi connectivity index (χ0) is 13.1. The van der Waals surface area contributed by atoms with Gasteiger partial charge in [0.1, 0.15) is 6.10 Å². The van der Waals surface area contributed by atoms with E-state index in [1.807, 2.05) is 48.5 Å². The third-order valence-electron chi connectivity index (χ3n) is 3.20. The first-order valence-electron chi connectivity index (χ1n) is 6.47. The van der Waals surface area contributed by atoms with E-state index in [1.54, 1.807) is 0 Å². The molecule has 0 radical (unpaired) electrons. The highest BCUT2D eigenvalue weighted by molar-refractivity contribution is 5.45. The van der Waals surface area contributed by atoms with Crippen LogP contribution in [-0.2, 0) is 0 Å². The number of hydrogen-bond acceptors (Lipinski definition) is 3. The third kappa shape index (κ3) is 2.56. The average Bonchev–Trinajstić information content (AvgIpc) is 2.72. The molecule has 0 spiro atoms. The van der Waals surface area contributed by atoms with Gasteiger partial charge in [-0.25, -0.2) is 0 Å². The molecule has 1 aliphatic rings. The van der Waals surface area contributed by atoms with E-state index in [2.05, 4.69) is 0 Å². The molecule has 0 fully saturated rings. The minimum absolute atomic E-state index is 0.640. The van der Waals surface area contributed by atoms with Crippen molar-refractivity contribution in [3.8, 4) is 11.5 Å². The zero-order valence-corrected chi connectivity index (χ0v) is 10.6. The van der Waals surface area contributed by atoms with Crippen LogP contribution in [-0.4, -0.2) is 18.3 Å². The molecule has 0 saturated heterocycles. The van der Waals surface area contributed by atoms with Crippen molar-refractivity contribution in [1.82, 2.24) is 0 Å². The Bertz CT molecular complexity index is 551. The minimum atomic E-state index is -0.640. The van der Waals surface area contributed by atoms with E-state index in [9.17, 15) is 5.11 Å². The van der Waals surface area contributed by atoms with Crippen LogP contribution in [0.3, 0.4) is 0 Å². The van der Waals surface area contributed by atoms with Crippen molar-refractivity contribution in [2.75, 3.05) is 13.2 Å². The Morgan fingerprint density at radius 1 is 0.842 bits per heavy atom. The van der Waals surface area contributed by atoms with Crippen molar-refractivity contribution in [2.45, 2.75) is 12.5 Å². The molecule has 19 heavy (non-hydrogen) atoms. The molecule has 1 heterocycles. The van der Waals surface area contributed by atoms with Crippen molar-refractivity contribution in [3.05, 3.63) is 59.7 Å². The van der Waals surface area contributed by atoms with E-state index >= 15 is 0 Å². The third-order valence-corrected chi connectivity index (χ3v) is 3.20. The summed E-state index contributed by atoms with van der Waals surface area (Å²) in [6.07, 6.45) is 0.240. The molecule has 98 valence electrons. The summed E-state index contributed by atoms with van der Waals surface area (Å²) >= 11 is 0. The Labute approximate surface area is 112 Å². The van der Waals surface area contributed by atoms with E-state index in [-0.39, 0.29) is 0 Å². The van der Waals surface area contributed by atoms with E-state index in [0.717, 1.165) is 23.3 Å². The Morgan fingerprint density at radius 2 is 1.58 bits per heavy atom. The van der Waals surface area contributed by atoms with Gasteiger partial charge in [-0.2, -0.15) is 0 Å². The molecule has 3 heteroatoms. The highest BCUT2D eigenvalue weighted by Crippen LogP contribution is 2.33. The molecule has 2 aromatic rings. The number of aliphatic hydroxyl groups excluding tert-OH is 1. The monoisotopic (exact) mass is 256 g/mol. The van der Waals surface area contributed by atoms with Crippen LogP contribution in [0, 0.1) is 0 Å². The summed E-state index contributed by atoms with van der Waals surface area (Å²) in [6, 6.07) is 15.2. The molecule has 1 unspecified atom stereocenters. The van der Waals surface area contributed by atoms with E-state index in [1.165, 1.54) is 0 Å². The molecular formula is C16H16O3. The number of benzene rings is 2. The van der Waals surface area contributed by atoms with Crippen molar-refractivity contribution in [2.24, 2.45) is 0 Å². The fourth-order valence-corrected chi connectivity index (χ4v) is 2.18. The van der Waals surface area contributed by atoms with Gasteiger partial charge in [-0.3, -0.25) is 0 Å². The highest BCUT2D eigenvalue weighted by Gasteiger charge is 2.15. The SMILES string of the molecule is OC(c1ccccc1)c1ccc2c(c1)OCCCO2. The molecule has 3 rings (SSSR count). The van der Waals surface area contributed by atoms with Gasteiger partial charge in [0.2, 0.25) is 0 Å². The quantitative estimate of drug-likeness (QED) is 0.897. The van der Waals surface area contributed by atoms with Gasteiger partial charge in [-0.15, -0.1) is 0 Å². The predicted octanol–water partition coefficient (Wildman–Crippen LogP) is 2.93. The van der Waals surface area contributed by atoms with Crippen LogP contribution >= 0.6 is 0 Å².